The Morgan fingerprint density at radius 1 is 1.29 bits per heavy atom. The highest BCUT2D eigenvalue weighted by molar-refractivity contribution is 9.10. The van der Waals surface area contributed by atoms with Crippen molar-refractivity contribution >= 4 is 21.7 Å². The number of hydrogen-bond acceptors (Lipinski definition) is 4. The zero-order valence-corrected chi connectivity index (χ0v) is 10.9. The highest BCUT2D eigenvalue weighted by Gasteiger charge is 2.08. The lowest BCUT2D eigenvalue weighted by Gasteiger charge is -2.06. The van der Waals surface area contributed by atoms with Crippen molar-refractivity contribution in [2.24, 2.45) is 0 Å². The number of rotatable bonds is 3. The number of nitrogens with zero attached hydrogens (tertiary/aromatic N) is 2. The molecule has 1 aromatic carbocycles. The molecule has 17 heavy (non-hydrogen) atoms. The molecule has 0 bridgehead atoms. The van der Waals surface area contributed by atoms with Crippen molar-refractivity contribution in [2.45, 2.75) is 6.61 Å². The third-order valence-electron chi connectivity index (χ3n) is 2.21. The largest absolute Gasteiger partial charge is 0.384 e. The average Bonchev–Trinajstić information content (AvgIpc) is 2.29. The van der Waals surface area contributed by atoms with Gasteiger partial charge >= 0.3 is 0 Å². The Morgan fingerprint density at radius 3 is 2.76 bits per heavy atom. The van der Waals surface area contributed by atoms with Gasteiger partial charge < -0.3 is 10.5 Å². The molecule has 1 heterocycles. The maximum absolute atomic E-state index is 5.76. The van der Waals surface area contributed by atoms with Crippen LogP contribution in [0.15, 0.2) is 34.8 Å². The molecule has 0 spiro atoms. The van der Waals surface area contributed by atoms with Crippen molar-refractivity contribution in [2.75, 3.05) is 12.8 Å². The van der Waals surface area contributed by atoms with Crippen molar-refractivity contribution < 1.29 is 4.74 Å². The highest BCUT2D eigenvalue weighted by atomic mass is 79.9. The lowest BCUT2D eigenvalue weighted by Crippen LogP contribution is -2.01. The van der Waals surface area contributed by atoms with E-state index >= 15 is 0 Å². The van der Waals surface area contributed by atoms with Gasteiger partial charge in [-0.25, -0.2) is 9.97 Å². The van der Waals surface area contributed by atoms with Gasteiger partial charge in [0.2, 0.25) is 0 Å². The second kappa shape index (κ2) is 5.25. The zero-order chi connectivity index (χ0) is 12.3. The van der Waals surface area contributed by atoms with E-state index in [9.17, 15) is 0 Å². The van der Waals surface area contributed by atoms with E-state index in [4.69, 9.17) is 10.5 Å². The number of halogens is 1. The van der Waals surface area contributed by atoms with E-state index in [1.807, 2.05) is 24.3 Å². The monoisotopic (exact) mass is 293 g/mol. The van der Waals surface area contributed by atoms with E-state index in [1.165, 1.54) is 0 Å². The predicted molar refractivity (Wildman–Crippen MR) is 70.3 cm³/mol. The molecule has 2 N–H and O–H groups in total. The third kappa shape index (κ3) is 2.81. The van der Waals surface area contributed by atoms with Crippen LogP contribution in [0, 0.1) is 0 Å². The smallest absolute Gasteiger partial charge is 0.162 e. The van der Waals surface area contributed by atoms with Crippen LogP contribution in [0.4, 0.5) is 5.82 Å². The first-order chi connectivity index (χ1) is 8.20. The fourth-order valence-electron chi connectivity index (χ4n) is 1.50. The van der Waals surface area contributed by atoms with E-state index in [2.05, 4.69) is 25.9 Å². The number of benzene rings is 1. The molecule has 0 atom stereocenters. The summed E-state index contributed by atoms with van der Waals surface area (Å²) in [6, 6.07) is 9.47. The highest BCUT2D eigenvalue weighted by Crippen LogP contribution is 2.25. The lowest BCUT2D eigenvalue weighted by molar-refractivity contribution is 0.181. The number of methoxy groups -OCH3 is 1. The van der Waals surface area contributed by atoms with Gasteiger partial charge in [-0.1, -0.05) is 34.1 Å². The standard InChI is InChI=1S/C12H12BrN3O/c1-17-7-8-6-11(14)16-12(15-8)9-4-2-3-5-10(9)13/h2-6H,7H2,1H3,(H2,14,15,16). The molecule has 0 radical (unpaired) electrons. The molecule has 0 unspecified atom stereocenters. The van der Waals surface area contributed by atoms with Gasteiger partial charge in [-0.15, -0.1) is 0 Å². The number of aromatic nitrogens is 2. The zero-order valence-electron chi connectivity index (χ0n) is 9.35. The van der Waals surface area contributed by atoms with Crippen molar-refractivity contribution in [1.29, 1.82) is 0 Å². The molecular formula is C12H12BrN3O. The fraction of sp³-hybridized carbons (Fsp3) is 0.167. The van der Waals surface area contributed by atoms with Crippen molar-refractivity contribution in [3.05, 3.63) is 40.5 Å². The van der Waals surface area contributed by atoms with Crippen molar-refractivity contribution in [3.63, 3.8) is 0 Å². The first kappa shape index (κ1) is 12.0. The molecule has 0 amide bonds. The van der Waals surface area contributed by atoms with Gasteiger partial charge in [0.05, 0.1) is 12.3 Å². The molecule has 0 fully saturated rings. The van der Waals surface area contributed by atoms with Gasteiger partial charge in [-0.05, 0) is 6.07 Å². The summed E-state index contributed by atoms with van der Waals surface area (Å²) < 4.78 is 5.99. The first-order valence-electron chi connectivity index (χ1n) is 5.08. The van der Waals surface area contributed by atoms with Crippen LogP contribution in [0.5, 0.6) is 0 Å². The molecule has 88 valence electrons. The molecule has 2 aromatic rings. The SMILES string of the molecule is COCc1cc(N)nc(-c2ccccc2Br)n1. The Bertz CT molecular complexity index is 531. The Hall–Kier alpha value is -1.46. The third-order valence-corrected chi connectivity index (χ3v) is 2.90. The minimum absolute atomic E-state index is 0.421. The first-order valence-corrected chi connectivity index (χ1v) is 5.87. The van der Waals surface area contributed by atoms with Gasteiger partial charge in [-0.3, -0.25) is 0 Å². The van der Waals surface area contributed by atoms with E-state index < -0.39 is 0 Å². The van der Waals surface area contributed by atoms with Crippen LogP contribution in [0.3, 0.4) is 0 Å². The Labute approximate surface area is 108 Å². The molecule has 4 nitrogen and oxygen atoms in total. The molecule has 0 aliphatic carbocycles. The molecule has 1 aromatic heterocycles. The van der Waals surface area contributed by atoms with Crippen molar-refractivity contribution in [1.82, 2.24) is 9.97 Å². The van der Waals surface area contributed by atoms with Crippen molar-refractivity contribution in [3.8, 4) is 11.4 Å². The van der Waals surface area contributed by atoms with E-state index in [0.717, 1.165) is 15.7 Å². The summed E-state index contributed by atoms with van der Waals surface area (Å²) in [5.74, 6) is 1.04. The topological polar surface area (TPSA) is 61.0 Å². The number of nitrogens with two attached hydrogens (primary N) is 1. The number of hydrogen-bond donors (Lipinski definition) is 1. The summed E-state index contributed by atoms with van der Waals surface area (Å²) in [6.45, 7) is 0.421. The summed E-state index contributed by atoms with van der Waals surface area (Å²) in [6.07, 6.45) is 0. The van der Waals surface area contributed by atoms with Crippen LogP contribution >= 0.6 is 15.9 Å². The van der Waals surface area contributed by atoms with Crippen LogP contribution in [-0.4, -0.2) is 17.1 Å². The summed E-state index contributed by atoms with van der Waals surface area (Å²) in [7, 11) is 1.62. The second-order valence-electron chi connectivity index (χ2n) is 3.52. The van der Waals surface area contributed by atoms with E-state index in [-0.39, 0.29) is 0 Å². The summed E-state index contributed by atoms with van der Waals surface area (Å²) in [4.78, 5) is 8.64. The summed E-state index contributed by atoms with van der Waals surface area (Å²) >= 11 is 3.47. The molecule has 5 heteroatoms. The molecule has 0 saturated carbocycles. The fourth-order valence-corrected chi connectivity index (χ4v) is 1.97. The number of ether oxygens (including phenoxy) is 1. The van der Waals surface area contributed by atoms with Crippen LogP contribution in [0.25, 0.3) is 11.4 Å². The van der Waals surface area contributed by atoms with Gasteiger partial charge in [-0.2, -0.15) is 0 Å². The van der Waals surface area contributed by atoms with Gasteiger partial charge in [0.25, 0.3) is 0 Å². The predicted octanol–water partition coefficient (Wildman–Crippen LogP) is 2.63. The summed E-state index contributed by atoms with van der Waals surface area (Å²) in [5.41, 5.74) is 7.44. The van der Waals surface area contributed by atoms with Crippen LogP contribution in [-0.2, 0) is 11.3 Å². The number of nitrogen functional groups attached to an aromatic ring is 1. The lowest BCUT2D eigenvalue weighted by atomic mass is 10.2. The Morgan fingerprint density at radius 2 is 2.06 bits per heavy atom. The van der Waals surface area contributed by atoms with E-state index in [0.29, 0.717) is 18.2 Å². The van der Waals surface area contributed by atoms with Gasteiger partial charge in [0.15, 0.2) is 5.82 Å². The van der Waals surface area contributed by atoms with E-state index in [1.54, 1.807) is 13.2 Å². The molecule has 2 rings (SSSR count). The normalized spacial score (nSPS) is 10.5. The second-order valence-corrected chi connectivity index (χ2v) is 4.37. The average molecular weight is 294 g/mol. The molecule has 0 aliphatic rings. The maximum atomic E-state index is 5.76. The molecular weight excluding hydrogens is 282 g/mol. The van der Waals surface area contributed by atoms with Crippen LogP contribution in [0.1, 0.15) is 5.69 Å². The maximum Gasteiger partial charge on any atom is 0.162 e. The molecule has 0 saturated heterocycles. The Balaban J connectivity index is 2.48. The van der Waals surface area contributed by atoms with Gasteiger partial charge in [0, 0.05) is 23.2 Å². The quantitative estimate of drug-likeness (QED) is 0.945. The van der Waals surface area contributed by atoms with Crippen LogP contribution < -0.4 is 5.73 Å². The van der Waals surface area contributed by atoms with Crippen LogP contribution in [0.2, 0.25) is 0 Å². The minimum atomic E-state index is 0.421. The minimum Gasteiger partial charge on any atom is -0.384 e. The Kier molecular flexibility index (Phi) is 3.71. The molecule has 0 aliphatic heterocycles. The van der Waals surface area contributed by atoms with Gasteiger partial charge in [0.1, 0.15) is 5.82 Å². The number of anilines is 1. The summed E-state index contributed by atoms with van der Waals surface area (Å²) in [5, 5.41) is 0.